The molecule has 1 unspecified atom stereocenters. The third-order valence-electron chi connectivity index (χ3n) is 2.69. The Balaban J connectivity index is 2.56. The van der Waals surface area contributed by atoms with Gasteiger partial charge in [-0.05, 0) is 19.8 Å². The van der Waals surface area contributed by atoms with Crippen molar-refractivity contribution in [2.45, 2.75) is 31.9 Å². The SMILES string of the molecule is C=CCOC(=O)N1CCC[C@H]1C(O)C=NCC. The highest BCUT2D eigenvalue weighted by Crippen LogP contribution is 2.20. The van der Waals surface area contributed by atoms with E-state index in [2.05, 4.69) is 11.6 Å². The van der Waals surface area contributed by atoms with E-state index in [-0.39, 0.29) is 12.6 Å². The summed E-state index contributed by atoms with van der Waals surface area (Å²) in [5.41, 5.74) is 0. The van der Waals surface area contributed by atoms with E-state index < -0.39 is 12.2 Å². The molecular weight excluding hydrogens is 220 g/mol. The fourth-order valence-electron chi connectivity index (χ4n) is 1.90. The van der Waals surface area contributed by atoms with E-state index in [1.165, 1.54) is 12.3 Å². The standard InChI is InChI=1S/C12H20N2O3/c1-3-8-17-12(16)14-7-5-6-10(14)11(15)9-13-4-2/h3,9-11,15H,1,4-8H2,2H3/t10-,11?/m0/s1. The maximum Gasteiger partial charge on any atom is 0.410 e. The molecule has 0 spiro atoms. The summed E-state index contributed by atoms with van der Waals surface area (Å²) < 4.78 is 4.97. The molecule has 0 aromatic carbocycles. The monoisotopic (exact) mass is 240 g/mol. The zero-order chi connectivity index (χ0) is 12.7. The number of rotatable bonds is 5. The third kappa shape index (κ3) is 3.85. The summed E-state index contributed by atoms with van der Waals surface area (Å²) in [7, 11) is 0. The highest BCUT2D eigenvalue weighted by Gasteiger charge is 2.33. The van der Waals surface area contributed by atoms with Gasteiger partial charge in [0.25, 0.3) is 0 Å². The van der Waals surface area contributed by atoms with Crippen LogP contribution in [0.1, 0.15) is 19.8 Å². The van der Waals surface area contributed by atoms with Crippen LogP contribution in [0, 0.1) is 0 Å². The molecule has 17 heavy (non-hydrogen) atoms. The molecule has 5 nitrogen and oxygen atoms in total. The Morgan fingerprint density at radius 1 is 1.76 bits per heavy atom. The zero-order valence-corrected chi connectivity index (χ0v) is 10.2. The summed E-state index contributed by atoms with van der Waals surface area (Å²) in [6.45, 7) is 6.83. The minimum atomic E-state index is -0.714. The molecule has 1 aliphatic heterocycles. The van der Waals surface area contributed by atoms with Crippen LogP contribution in [0.15, 0.2) is 17.6 Å². The largest absolute Gasteiger partial charge is 0.445 e. The van der Waals surface area contributed by atoms with Crippen LogP contribution >= 0.6 is 0 Å². The molecule has 0 aromatic heterocycles. The second-order valence-corrected chi connectivity index (χ2v) is 3.91. The van der Waals surface area contributed by atoms with Crippen molar-refractivity contribution in [3.63, 3.8) is 0 Å². The number of aliphatic hydroxyl groups is 1. The van der Waals surface area contributed by atoms with E-state index >= 15 is 0 Å². The number of amides is 1. The first-order valence-corrected chi connectivity index (χ1v) is 5.93. The van der Waals surface area contributed by atoms with Crippen LogP contribution in [0.3, 0.4) is 0 Å². The Morgan fingerprint density at radius 3 is 3.18 bits per heavy atom. The zero-order valence-electron chi connectivity index (χ0n) is 10.2. The average Bonchev–Trinajstić information content (AvgIpc) is 2.82. The number of ether oxygens (including phenoxy) is 1. The maximum atomic E-state index is 11.7. The Morgan fingerprint density at radius 2 is 2.53 bits per heavy atom. The molecule has 1 rings (SSSR count). The second kappa shape index (κ2) is 7.06. The Hall–Kier alpha value is -1.36. The molecule has 2 atom stereocenters. The van der Waals surface area contributed by atoms with Gasteiger partial charge in [-0.25, -0.2) is 4.79 Å². The van der Waals surface area contributed by atoms with Crippen LogP contribution in [0.5, 0.6) is 0 Å². The van der Waals surface area contributed by atoms with Crippen molar-refractivity contribution in [1.82, 2.24) is 4.90 Å². The summed E-state index contributed by atoms with van der Waals surface area (Å²) in [5.74, 6) is 0. The number of hydrogen-bond donors (Lipinski definition) is 1. The Kier molecular flexibility index (Phi) is 5.69. The lowest BCUT2D eigenvalue weighted by Crippen LogP contribution is -2.43. The van der Waals surface area contributed by atoms with Gasteiger partial charge in [0.15, 0.2) is 0 Å². The molecule has 1 heterocycles. The van der Waals surface area contributed by atoms with Crippen molar-refractivity contribution in [1.29, 1.82) is 0 Å². The van der Waals surface area contributed by atoms with Gasteiger partial charge < -0.3 is 14.7 Å². The van der Waals surface area contributed by atoms with Crippen molar-refractivity contribution in [2.24, 2.45) is 4.99 Å². The van der Waals surface area contributed by atoms with Gasteiger partial charge in [0.05, 0.1) is 6.04 Å². The van der Waals surface area contributed by atoms with E-state index in [9.17, 15) is 9.90 Å². The molecule has 1 N–H and O–H groups in total. The lowest BCUT2D eigenvalue weighted by atomic mass is 10.1. The van der Waals surface area contributed by atoms with Crippen molar-refractivity contribution in [2.75, 3.05) is 19.7 Å². The summed E-state index contributed by atoms with van der Waals surface area (Å²) in [4.78, 5) is 17.3. The molecule has 0 saturated carbocycles. The highest BCUT2D eigenvalue weighted by atomic mass is 16.6. The smallest absolute Gasteiger partial charge is 0.410 e. The van der Waals surface area contributed by atoms with E-state index in [1.54, 1.807) is 4.90 Å². The van der Waals surface area contributed by atoms with E-state index in [1.807, 2.05) is 6.92 Å². The van der Waals surface area contributed by atoms with Crippen molar-refractivity contribution in [3.05, 3.63) is 12.7 Å². The summed E-state index contributed by atoms with van der Waals surface area (Å²) in [5, 5.41) is 9.91. The van der Waals surface area contributed by atoms with E-state index in [0.717, 1.165) is 12.8 Å². The van der Waals surface area contributed by atoms with E-state index in [4.69, 9.17) is 4.74 Å². The van der Waals surface area contributed by atoms with Crippen LogP contribution in [-0.2, 0) is 4.74 Å². The number of carbonyl (C=O) groups excluding carboxylic acids is 1. The average molecular weight is 240 g/mol. The van der Waals surface area contributed by atoms with Crippen LogP contribution < -0.4 is 0 Å². The number of hydrogen-bond acceptors (Lipinski definition) is 4. The lowest BCUT2D eigenvalue weighted by molar-refractivity contribution is 0.0806. The molecule has 0 aromatic rings. The Bertz CT molecular complexity index is 291. The van der Waals surface area contributed by atoms with Crippen LogP contribution in [-0.4, -0.2) is 54.2 Å². The number of aliphatic hydroxyl groups excluding tert-OH is 1. The summed E-state index contributed by atoms with van der Waals surface area (Å²) in [6.07, 6.45) is 3.58. The molecule has 0 bridgehead atoms. The quantitative estimate of drug-likeness (QED) is 0.580. The van der Waals surface area contributed by atoms with Gasteiger partial charge in [-0.2, -0.15) is 0 Å². The second-order valence-electron chi connectivity index (χ2n) is 3.91. The van der Waals surface area contributed by atoms with Crippen molar-refractivity contribution >= 4 is 12.3 Å². The van der Waals surface area contributed by atoms with Gasteiger partial charge >= 0.3 is 6.09 Å². The minimum Gasteiger partial charge on any atom is -0.445 e. The summed E-state index contributed by atoms with van der Waals surface area (Å²) in [6, 6.07) is -0.220. The van der Waals surface area contributed by atoms with Gasteiger partial charge in [-0.15, -0.1) is 0 Å². The van der Waals surface area contributed by atoms with Crippen LogP contribution in [0.25, 0.3) is 0 Å². The highest BCUT2D eigenvalue weighted by molar-refractivity contribution is 5.71. The lowest BCUT2D eigenvalue weighted by Gasteiger charge is -2.25. The first-order valence-electron chi connectivity index (χ1n) is 5.93. The molecule has 5 heteroatoms. The maximum absolute atomic E-state index is 11.7. The van der Waals surface area contributed by atoms with Gasteiger partial charge in [0, 0.05) is 19.3 Å². The van der Waals surface area contributed by atoms with Crippen LogP contribution in [0.2, 0.25) is 0 Å². The normalized spacial score (nSPS) is 21.8. The Labute approximate surface area is 102 Å². The first-order chi connectivity index (χ1) is 8.20. The van der Waals surface area contributed by atoms with Crippen molar-refractivity contribution < 1.29 is 14.6 Å². The molecule has 0 radical (unpaired) electrons. The predicted octanol–water partition coefficient (Wildman–Crippen LogP) is 1.23. The van der Waals surface area contributed by atoms with Crippen molar-refractivity contribution in [3.8, 4) is 0 Å². The van der Waals surface area contributed by atoms with Gasteiger partial charge in [0.2, 0.25) is 0 Å². The van der Waals surface area contributed by atoms with Gasteiger partial charge in [-0.3, -0.25) is 4.99 Å². The number of nitrogens with zero attached hydrogens (tertiary/aromatic N) is 2. The summed E-state index contributed by atoms with van der Waals surface area (Å²) >= 11 is 0. The number of carbonyl (C=O) groups is 1. The topological polar surface area (TPSA) is 62.1 Å². The third-order valence-corrected chi connectivity index (χ3v) is 2.69. The molecule has 0 aliphatic carbocycles. The van der Waals surface area contributed by atoms with Gasteiger partial charge in [0.1, 0.15) is 12.7 Å². The number of likely N-dealkylation sites (tertiary alicyclic amines) is 1. The molecular formula is C12H20N2O3. The fourth-order valence-corrected chi connectivity index (χ4v) is 1.90. The molecule has 1 saturated heterocycles. The molecule has 1 aliphatic rings. The minimum absolute atomic E-state index is 0.196. The molecule has 1 amide bonds. The fraction of sp³-hybridized carbons (Fsp3) is 0.667. The van der Waals surface area contributed by atoms with Gasteiger partial charge in [-0.1, -0.05) is 12.7 Å². The van der Waals surface area contributed by atoms with E-state index in [0.29, 0.717) is 13.1 Å². The molecule has 96 valence electrons. The van der Waals surface area contributed by atoms with Crippen LogP contribution in [0.4, 0.5) is 4.79 Å². The predicted molar refractivity (Wildman–Crippen MR) is 66.3 cm³/mol. The number of aliphatic imine (C=N–C) groups is 1. The molecule has 1 fully saturated rings. The first kappa shape index (κ1) is 13.7.